The summed E-state index contributed by atoms with van der Waals surface area (Å²) in [5.74, 6) is 0.968. The summed E-state index contributed by atoms with van der Waals surface area (Å²) in [6.07, 6.45) is 6.68. The molecule has 0 saturated carbocycles. The summed E-state index contributed by atoms with van der Waals surface area (Å²) in [5.41, 5.74) is 3.42. The second-order valence-corrected chi connectivity index (χ2v) is 7.59. The fourth-order valence-corrected chi connectivity index (χ4v) is 3.80. The van der Waals surface area contributed by atoms with E-state index in [2.05, 4.69) is 23.3 Å². The van der Waals surface area contributed by atoms with Gasteiger partial charge in [0.15, 0.2) is 0 Å². The molecule has 6 heteroatoms. The lowest BCUT2D eigenvalue weighted by Gasteiger charge is -2.32. The fourth-order valence-electron chi connectivity index (χ4n) is 3.80. The van der Waals surface area contributed by atoms with Gasteiger partial charge < -0.3 is 19.7 Å². The Morgan fingerprint density at radius 3 is 2.93 bits per heavy atom. The average molecular weight is 381 g/mol. The Morgan fingerprint density at radius 2 is 2.14 bits per heavy atom. The molecule has 1 fully saturated rings. The van der Waals surface area contributed by atoms with E-state index < -0.39 is 0 Å². The van der Waals surface area contributed by atoms with Gasteiger partial charge in [-0.25, -0.2) is 4.79 Å². The van der Waals surface area contributed by atoms with Crippen LogP contribution >= 0.6 is 0 Å². The second-order valence-electron chi connectivity index (χ2n) is 7.59. The van der Waals surface area contributed by atoms with Crippen LogP contribution in [0.25, 0.3) is 0 Å². The van der Waals surface area contributed by atoms with Gasteiger partial charge in [-0.3, -0.25) is 4.98 Å². The lowest BCUT2D eigenvalue weighted by Crippen LogP contribution is -2.45. The number of amides is 2. The van der Waals surface area contributed by atoms with Gasteiger partial charge in [0.2, 0.25) is 0 Å². The zero-order valence-electron chi connectivity index (χ0n) is 16.3. The number of likely N-dealkylation sites (tertiary alicyclic amines) is 1. The van der Waals surface area contributed by atoms with E-state index in [9.17, 15) is 4.79 Å². The quantitative estimate of drug-likeness (QED) is 0.863. The molecule has 2 aromatic rings. The van der Waals surface area contributed by atoms with Crippen LogP contribution in [0.3, 0.4) is 0 Å². The molecular formula is C22H27N3O3. The Kier molecular flexibility index (Phi) is 5.76. The lowest BCUT2D eigenvalue weighted by atomic mass is 10.1. The number of piperidine rings is 1. The number of urea groups is 1. The summed E-state index contributed by atoms with van der Waals surface area (Å²) in [4.78, 5) is 18.5. The highest BCUT2D eigenvalue weighted by molar-refractivity contribution is 5.74. The zero-order chi connectivity index (χ0) is 19.3. The molecule has 28 heavy (non-hydrogen) atoms. The first kappa shape index (κ1) is 18.7. The normalized spacial score (nSPS) is 19.2. The molecule has 0 unspecified atom stereocenters. The molecule has 1 aromatic heterocycles. The third-order valence-electron chi connectivity index (χ3n) is 5.34. The third kappa shape index (κ3) is 4.62. The molecule has 0 bridgehead atoms. The number of benzene rings is 1. The maximum Gasteiger partial charge on any atom is 0.317 e. The minimum Gasteiger partial charge on any atom is -0.490 e. The number of pyridine rings is 1. The molecule has 0 aliphatic carbocycles. The van der Waals surface area contributed by atoms with E-state index in [1.165, 1.54) is 5.56 Å². The van der Waals surface area contributed by atoms with Crippen molar-refractivity contribution in [3.63, 3.8) is 0 Å². The van der Waals surface area contributed by atoms with E-state index in [1.807, 2.05) is 35.4 Å². The first-order valence-electron chi connectivity index (χ1n) is 9.99. The summed E-state index contributed by atoms with van der Waals surface area (Å²) < 4.78 is 11.7. The van der Waals surface area contributed by atoms with Crippen LogP contribution in [0.1, 0.15) is 36.5 Å². The van der Waals surface area contributed by atoms with E-state index in [1.54, 1.807) is 6.20 Å². The summed E-state index contributed by atoms with van der Waals surface area (Å²) in [5, 5.41) is 3.04. The lowest BCUT2D eigenvalue weighted by molar-refractivity contribution is 0.00434. The van der Waals surface area contributed by atoms with Crippen molar-refractivity contribution in [1.29, 1.82) is 0 Å². The number of rotatable bonds is 5. The van der Waals surface area contributed by atoms with Crippen LogP contribution in [0.2, 0.25) is 0 Å². The summed E-state index contributed by atoms with van der Waals surface area (Å²) >= 11 is 0. The monoisotopic (exact) mass is 381 g/mol. The van der Waals surface area contributed by atoms with Gasteiger partial charge in [0.25, 0.3) is 0 Å². The van der Waals surface area contributed by atoms with Crippen LogP contribution in [0.5, 0.6) is 5.75 Å². The van der Waals surface area contributed by atoms with Gasteiger partial charge in [-0.05, 0) is 48.6 Å². The molecule has 1 atom stereocenters. The van der Waals surface area contributed by atoms with Crippen LogP contribution in [0.15, 0.2) is 42.7 Å². The molecule has 1 aromatic carbocycles. The summed E-state index contributed by atoms with van der Waals surface area (Å²) in [7, 11) is 0. The number of ether oxygens (including phenoxy) is 2. The van der Waals surface area contributed by atoms with E-state index in [-0.39, 0.29) is 18.2 Å². The number of nitrogens with one attached hydrogen (secondary N) is 1. The highest BCUT2D eigenvalue weighted by atomic mass is 16.5. The van der Waals surface area contributed by atoms with Crippen LogP contribution < -0.4 is 10.1 Å². The van der Waals surface area contributed by atoms with Gasteiger partial charge in [0.1, 0.15) is 11.9 Å². The van der Waals surface area contributed by atoms with Crippen LogP contribution in [0.4, 0.5) is 4.79 Å². The Morgan fingerprint density at radius 1 is 1.29 bits per heavy atom. The first-order valence-corrected chi connectivity index (χ1v) is 9.99. The number of hydrogen-bond donors (Lipinski definition) is 1. The first-order chi connectivity index (χ1) is 13.7. The highest BCUT2D eigenvalue weighted by Gasteiger charge is 2.23. The van der Waals surface area contributed by atoms with Crippen molar-refractivity contribution in [1.82, 2.24) is 15.2 Å². The zero-order valence-corrected chi connectivity index (χ0v) is 16.3. The smallest absolute Gasteiger partial charge is 0.317 e. The highest BCUT2D eigenvalue weighted by Crippen LogP contribution is 2.29. The van der Waals surface area contributed by atoms with Crippen molar-refractivity contribution in [3.8, 4) is 5.75 Å². The maximum absolute atomic E-state index is 12.5. The second kappa shape index (κ2) is 8.61. The number of aromatic nitrogens is 1. The van der Waals surface area contributed by atoms with E-state index in [0.717, 1.165) is 49.2 Å². The van der Waals surface area contributed by atoms with Crippen molar-refractivity contribution in [2.45, 2.75) is 51.5 Å². The standard InChI is InChI=1S/C22H27N3O3/c1-16-11-19-12-17(4-5-21(19)28-16)14-24-22(26)25-9-6-20(7-10-25)27-15-18-3-2-8-23-13-18/h2-5,8,12-13,16,20H,6-7,9-11,14-15H2,1H3,(H,24,26)/t16-/m1/s1. The van der Waals surface area contributed by atoms with Crippen molar-refractivity contribution < 1.29 is 14.3 Å². The van der Waals surface area contributed by atoms with Gasteiger partial charge in [0.05, 0.1) is 12.7 Å². The van der Waals surface area contributed by atoms with E-state index in [4.69, 9.17) is 9.47 Å². The molecule has 2 amide bonds. The Balaban J connectivity index is 1.20. The Hall–Kier alpha value is -2.60. The molecule has 4 rings (SSSR count). The minimum atomic E-state index is -0.00386. The van der Waals surface area contributed by atoms with Crippen LogP contribution in [-0.4, -0.2) is 41.2 Å². The van der Waals surface area contributed by atoms with Gasteiger partial charge in [-0.1, -0.05) is 18.2 Å². The van der Waals surface area contributed by atoms with Crippen LogP contribution in [-0.2, 0) is 24.3 Å². The van der Waals surface area contributed by atoms with Crippen molar-refractivity contribution >= 4 is 6.03 Å². The summed E-state index contributed by atoms with van der Waals surface area (Å²) in [6.45, 7) is 4.63. The van der Waals surface area contributed by atoms with E-state index in [0.29, 0.717) is 13.2 Å². The molecule has 148 valence electrons. The van der Waals surface area contributed by atoms with Gasteiger partial charge in [-0.2, -0.15) is 0 Å². The molecule has 1 saturated heterocycles. The Labute approximate surface area is 165 Å². The predicted molar refractivity (Wildman–Crippen MR) is 106 cm³/mol. The number of fused-ring (bicyclic) bond motifs is 1. The minimum absolute atomic E-state index is 0.00386. The van der Waals surface area contributed by atoms with Crippen molar-refractivity contribution in [3.05, 3.63) is 59.4 Å². The number of nitrogens with zero attached hydrogens (tertiary/aromatic N) is 2. The van der Waals surface area contributed by atoms with Gasteiger partial charge >= 0.3 is 6.03 Å². The number of carbonyl (C=O) groups is 1. The van der Waals surface area contributed by atoms with Crippen molar-refractivity contribution in [2.75, 3.05) is 13.1 Å². The van der Waals surface area contributed by atoms with Crippen molar-refractivity contribution in [2.24, 2.45) is 0 Å². The fraction of sp³-hybridized carbons (Fsp3) is 0.455. The molecule has 6 nitrogen and oxygen atoms in total. The molecule has 2 aliphatic rings. The van der Waals surface area contributed by atoms with E-state index >= 15 is 0 Å². The molecule has 2 aliphatic heterocycles. The number of carbonyl (C=O) groups excluding carboxylic acids is 1. The maximum atomic E-state index is 12.5. The third-order valence-corrected chi connectivity index (χ3v) is 5.34. The molecule has 0 radical (unpaired) electrons. The average Bonchev–Trinajstić information content (AvgIpc) is 3.11. The predicted octanol–water partition coefficient (Wildman–Crippen LogP) is 3.30. The number of hydrogen-bond acceptors (Lipinski definition) is 4. The molecule has 0 spiro atoms. The molecule has 1 N–H and O–H groups in total. The molecule has 3 heterocycles. The Bertz CT molecular complexity index is 804. The SMILES string of the molecule is C[C@@H]1Cc2cc(CNC(=O)N3CCC(OCc4cccnc4)CC3)ccc2O1. The largest absolute Gasteiger partial charge is 0.490 e. The summed E-state index contributed by atoms with van der Waals surface area (Å²) in [6, 6.07) is 10.1. The molecular weight excluding hydrogens is 354 g/mol. The van der Waals surface area contributed by atoms with Gasteiger partial charge in [0, 0.05) is 38.4 Å². The van der Waals surface area contributed by atoms with Crippen LogP contribution in [0, 0.1) is 0 Å². The van der Waals surface area contributed by atoms with Gasteiger partial charge in [-0.15, -0.1) is 0 Å². The topological polar surface area (TPSA) is 63.7 Å².